The summed E-state index contributed by atoms with van der Waals surface area (Å²) < 4.78 is 58.1. The SMILES string of the molecule is CCC(=O)N1CCc2c(c(N3CCOc4cc(-c5cnn(C)c5)c(C(F)(F)F)cc43)nn2C2CCOCC2)C1. The van der Waals surface area contributed by atoms with Gasteiger partial charge >= 0.3 is 6.18 Å². The summed E-state index contributed by atoms with van der Waals surface area (Å²) >= 11 is 0. The summed E-state index contributed by atoms with van der Waals surface area (Å²) in [5.41, 5.74) is 1.89. The number of alkyl halides is 3. The number of amides is 1. The Labute approximate surface area is 224 Å². The second-order valence-electron chi connectivity index (χ2n) is 10.2. The Morgan fingerprint density at radius 2 is 1.95 bits per heavy atom. The predicted molar refractivity (Wildman–Crippen MR) is 137 cm³/mol. The van der Waals surface area contributed by atoms with E-state index in [0.29, 0.717) is 75.1 Å². The molecule has 0 aliphatic carbocycles. The van der Waals surface area contributed by atoms with Gasteiger partial charge in [-0.15, -0.1) is 0 Å². The van der Waals surface area contributed by atoms with Crippen LogP contribution in [0.4, 0.5) is 24.7 Å². The Kier molecular flexibility index (Phi) is 6.52. The van der Waals surface area contributed by atoms with Crippen LogP contribution < -0.4 is 9.64 Å². The highest BCUT2D eigenvalue weighted by atomic mass is 19.4. The molecule has 1 saturated heterocycles. The fraction of sp³-hybridized carbons (Fsp3) is 0.519. The number of carbonyl (C=O) groups is 1. The molecule has 1 fully saturated rings. The molecule has 2 aromatic heterocycles. The van der Waals surface area contributed by atoms with Crippen molar-refractivity contribution in [1.29, 1.82) is 0 Å². The van der Waals surface area contributed by atoms with Crippen LogP contribution in [0.2, 0.25) is 0 Å². The molecule has 3 aliphatic heterocycles. The first-order valence-corrected chi connectivity index (χ1v) is 13.3. The number of aryl methyl sites for hydroxylation is 1. The third kappa shape index (κ3) is 4.64. The van der Waals surface area contributed by atoms with Gasteiger partial charge in [-0.05, 0) is 25.0 Å². The van der Waals surface area contributed by atoms with E-state index in [-0.39, 0.29) is 17.5 Å². The summed E-state index contributed by atoms with van der Waals surface area (Å²) in [6.07, 6.45) is 1.07. The van der Waals surface area contributed by atoms with Gasteiger partial charge in [-0.3, -0.25) is 14.2 Å². The topological polar surface area (TPSA) is 77.7 Å². The van der Waals surface area contributed by atoms with Gasteiger partial charge in [0.2, 0.25) is 5.91 Å². The molecule has 0 unspecified atom stereocenters. The van der Waals surface area contributed by atoms with Crippen molar-refractivity contribution in [3.05, 3.63) is 41.3 Å². The molecule has 0 N–H and O–H groups in total. The van der Waals surface area contributed by atoms with Crippen LogP contribution in [-0.2, 0) is 35.7 Å². The van der Waals surface area contributed by atoms with Crippen LogP contribution >= 0.6 is 0 Å². The van der Waals surface area contributed by atoms with E-state index in [2.05, 4.69) is 5.10 Å². The molecule has 1 amide bonds. The second-order valence-corrected chi connectivity index (χ2v) is 10.2. The molecule has 3 aromatic rings. The highest BCUT2D eigenvalue weighted by molar-refractivity contribution is 5.80. The number of anilines is 2. The van der Waals surface area contributed by atoms with Gasteiger partial charge in [0.15, 0.2) is 5.82 Å². The number of fused-ring (bicyclic) bond motifs is 2. The maximum absolute atomic E-state index is 14.4. The molecule has 3 aliphatic rings. The summed E-state index contributed by atoms with van der Waals surface area (Å²) in [7, 11) is 1.66. The molecule has 0 saturated carbocycles. The number of nitrogens with zero attached hydrogens (tertiary/aromatic N) is 6. The molecular formula is C27H31F3N6O3. The molecule has 0 atom stereocenters. The summed E-state index contributed by atoms with van der Waals surface area (Å²) in [6, 6.07) is 2.76. The van der Waals surface area contributed by atoms with E-state index in [4.69, 9.17) is 14.6 Å². The normalized spacial score (nSPS) is 18.1. The summed E-state index contributed by atoms with van der Waals surface area (Å²) in [5.74, 6) is 1.00. The molecular weight excluding hydrogens is 513 g/mol. The molecule has 0 bridgehead atoms. The van der Waals surface area contributed by atoms with E-state index >= 15 is 0 Å². The number of aromatic nitrogens is 4. The maximum Gasteiger partial charge on any atom is 0.417 e. The number of carbonyl (C=O) groups excluding carboxylic acids is 1. The van der Waals surface area contributed by atoms with Crippen LogP contribution in [0, 0.1) is 0 Å². The molecule has 9 nitrogen and oxygen atoms in total. The van der Waals surface area contributed by atoms with E-state index in [1.807, 2.05) is 21.4 Å². The fourth-order valence-electron chi connectivity index (χ4n) is 5.83. The third-order valence-electron chi connectivity index (χ3n) is 7.80. The molecule has 12 heteroatoms. The predicted octanol–water partition coefficient (Wildman–Crippen LogP) is 4.48. The van der Waals surface area contributed by atoms with Gasteiger partial charge in [0, 0.05) is 68.2 Å². The van der Waals surface area contributed by atoms with Crippen molar-refractivity contribution in [3.8, 4) is 16.9 Å². The zero-order valence-electron chi connectivity index (χ0n) is 22.0. The van der Waals surface area contributed by atoms with Gasteiger partial charge in [0.25, 0.3) is 0 Å². The van der Waals surface area contributed by atoms with Crippen LogP contribution in [0.15, 0.2) is 24.5 Å². The molecule has 208 valence electrons. The minimum Gasteiger partial charge on any atom is -0.490 e. The van der Waals surface area contributed by atoms with Crippen LogP contribution in [0.25, 0.3) is 11.1 Å². The maximum atomic E-state index is 14.4. The van der Waals surface area contributed by atoms with Crippen molar-refractivity contribution in [3.63, 3.8) is 0 Å². The van der Waals surface area contributed by atoms with Gasteiger partial charge in [0.1, 0.15) is 12.4 Å². The summed E-state index contributed by atoms with van der Waals surface area (Å²) in [4.78, 5) is 16.3. The lowest BCUT2D eigenvalue weighted by Crippen LogP contribution is -2.37. The zero-order chi connectivity index (χ0) is 27.3. The molecule has 1 aromatic carbocycles. The standard InChI is InChI=1S/C27H31F3N6O3/c1-3-25(37)34-7-4-22-20(16-34)26(32-36(22)18-5-9-38-10-6-18)35-8-11-39-24-12-19(17-14-31-33(2)15-17)21(13-23(24)35)27(28,29)30/h12-15,18H,3-11,16H2,1-2H3. The zero-order valence-corrected chi connectivity index (χ0v) is 22.0. The monoisotopic (exact) mass is 544 g/mol. The number of halogens is 3. The van der Waals surface area contributed by atoms with Gasteiger partial charge in [-0.2, -0.15) is 23.4 Å². The van der Waals surface area contributed by atoms with E-state index in [1.54, 1.807) is 13.2 Å². The van der Waals surface area contributed by atoms with Crippen molar-refractivity contribution in [2.75, 3.05) is 37.8 Å². The quantitative estimate of drug-likeness (QED) is 0.482. The van der Waals surface area contributed by atoms with Crippen molar-refractivity contribution < 1.29 is 27.4 Å². The molecule has 0 radical (unpaired) electrons. The Morgan fingerprint density at radius 3 is 2.64 bits per heavy atom. The Balaban J connectivity index is 1.48. The highest BCUT2D eigenvalue weighted by Crippen LogP contribution is 2.47. The van der Waals surface area contributed by atoms with E-state index in [1.165, 1.54) is 16.9 Å². The lowest BCUT2D eigenvalue weighted by Gasteiger charge is -2.33. The number of rotatable bonds is 4. The average molecular weight is 545 g/mol. The van der Waals surface area contributed by atoms with Gasteiger partial charge in [-0.1, -0.05) is 6.92 Å². The number of hydrogen-bond donors (Lipinski definition) is 0. The Morgan fingerprint density at radius 1 is 1.15 bits per heavy atom. The lowest BCUT2D eigenvalue weighted by atomic mass is 9.99. The first-order valence-electron chi connectivity index (χ1n) is 13.3. The lowest BCUT2D eigenvalue weighted by molar-refractivity contribution is -0.137. The van der Waals surface area contributed by atoms with Gasteiger partial charge in [-0.25, -0.2) is 0 Å². The number of benzene rings is 1. The smallest absolute Gasteiger partial charge is 0.417 e. The van der Waals surface area contributed by atoms with Crippen LogP contribution in [0.5, 0.6) is 5.75 Å². The fourth-order valence-corrected chi connectivity index (χ4v) is 5.83. The number of ether oxygens (including phenoxy) is 2. The molecule has 5 heterocycles. The van der Waals surface area contributed by atoms with E-state index in [0.717, 1.165) is 30.2 Å². The van der Waals surface area contributed by atoms with Crippen LogP contribution in [0.1, 0.15) is 49.0 Å². The van der Waals surface area contributed by atoms with Gasteiger partial charge in [0.05, 0.1) is 36.6 Å². The highest BCUT2D eigenvalue weighted by Gasteiger charge is 2.39. The third-order valence-corrected chi connectivity index (χ3v) is 7.80. The summed E-state index contributed by atoms with van der Waals surface area (Å²) in [5, 5.41) is 9.09. The second kappa shape index (κ2) is 9.89. The Hall–Kier alpha value is -3.54. The van der Waals surface area contributed by atoms with E-state index < -0.39 is 11.7 Å². The first kappa shape index (κ1) is 25.7. The van der Waals surface area contributed by atoms with Crippen molar-refractivity contribution in [1.82, 2.24) is 24.5 Å². The average Bonchev–Trinajstić information content (AvgIpc) is 3.55. The van der Waals surface area contributed by atoms with Crippen molar-refractivity contribution in [2.45, 2.75) is 51.4 Å². The van der Waals surface area contributed by atoms with Gasteiger partial charge < -0.3 is 19.3 Å². The molecule has 6 rings (SSSR count). The molecule has 0 spiro atoms. The molecule has 39 heavy (non-hydrogen) atoms. The minimum atomic E-state index is -4.59. The van der Waals surface area contributed by atoms with Crippen LogP contribution in [-0.4, -0.2) is 63.3 Å². The van der Waals surface area contributed by atoms with Crippen molar-refractivity contribution >= 4 is 17.4 Å². The van der Waals surface area contributed by atoms with Crippen LogP contribution in [0.3, 0.4) is 0 Å². The minimum absolute atomic E-state index is 0.0191. The van der Waals surface area contributed by atoms with E-state index in [9.17, 15) is 18.0 Å². The first-order chi connectivity index (χ1) is 18.7. The summed E-state index contributed by atoms with van der Waals surface area (Å²) in [6.45, 7) is 4.73. The number of hydrogen-bond acceptors (Lipinski definition) is 6. The Bertz CT molecular complexity index is 1390. The van der Waals surface area contributed by atoms with Crippen molar-refractivity contribution in [2.24, 2.45) is 7.05 Å². The largest absolute Gasteiger partial charge is 0.490 e.